The zero-order chi connectivity index (χ0) is 13.6. The fraction of sp³-hybridized carbons (Fsp3) is 0.538. The maximum absolute atomic E-state index is 11.8. The highest BCUT2D eigenvalue weighted by Crippen LogP contribution is 2.24. The van der Waals surface area contributed by atoms with Crippen molar-refractivity contribution in [1.29, 1.82) is 0 Å². The van der Waals surface area contributed by atoms with Gasteiger partial charge in [-0.15, -0.1) is 0 Å². The van der Waals surface area contributed by atoms with Crippen molar-refractivity contribution in [2.24, 2.45) is 0 Å². The van der Waals surface area contributed by atoms with Gasteiger partial charge in [-0.1, -0.05) is 19.1 Å². The minimum absolute atomic E-state index is 0.412. The highest BCUT2D eigenvalue weighted by molar-refractivity contribution is 7.90. The van der Waals surface area contributed by atoms with Crippen molar-refractivity contribution in [2.75, 3.05) is 37.8 Å². The number of hydrogen-bond donors (Lipinski definition) is 1. The maximum atomic E-state index is 11.8. The monoisotopic (exact) mass is 270 g/mol. The third-order valence-electron chi connectivity index (χ3n) is 2.73. The summed E-state index contributed by atoms with van der Waals surface area (Å²) in [5.74, 6) is 0. The van der Waals surface area contributed by atoms with E-state index in [1.807, 2.05) is 19.2 Å². The Bertz CT molecular complexity index is 472. The lowest BCUT2D eigenvalue weighted by Crippen LogP contribution is -2.32. The fourth-order valence-electron chi connectivity index (χ4n) is 1.90. The molecule has 0 aliphatic carbocycles. The Morgan fingerprint density at radius 2 is 1.89 bits per heavy atom. The van der Waals surface area contributed by atoms with E-state index in [0.29, 0.717) is 4.90 Å². The van der Waals surface area contributed by atoms with E-state index < -0.39 is 9.84 Å². The highest BCUT2D eigenvalue weighted by Gasteiger charge is 2.16. The number of para-hydroxylation sites is 1. The lowest BCUT2D eigenvalue weighted by atomic mass is 10.2. The average Bonchev–Trinajstić information content (AvgIpc) is 2.33. The Kier molecular flexibility index (Phi) is 5.62. The smallest absolute Gasteiger partial charge is 0.177 e. The van der Waals surface area contributed by atoms with Crippen molar-refractivity contribution in [1.82, 2.24) is 5.32 Å². The number of rotatable bonds is 7. The van der Waals surface area contributed by atoms with Gasteiger partial charge < -0.3 is 10.2 Å². The van der Waals surface area contributed by atoms with Gasteiger partial charge in [0.2, 0.25) is 0 Å². The van der Waals surface area contributed by atoms with Crippen molar-refractivity contribution >= 4 is 15.5 Å². The predicted molar refractivity (Wildman–Crippen MR) is 76.0 cm³/mol. The molecule has 1 aromatic rings. The highest BCUT2D eigenvalue weighted by atomic mass is 32.2. The van der Waals surface area contributed by atoms with Crippen molar-refractivity contribution in [3.8, 4) is 0 Å². The van der Waals surface area contributed by atoms with Crippen molar-refractivity contribution < 1.29 is 8.42 Å². The Hall–Kier alpha value is -1.07. The van der Waals surface area contributed by atoms with Gasteiger partial charge >= 0.3 is 0 Å². The molecule has 0 spiro atoms. The summed E-state index contributed by atoms with van der Waals surface area (Å²) in [7, 11) is -1.29. The summed E-state index contributed by atoms with van der Waals surface area (Å²) in [6, 6.07) is 7.20. The van der Waals surface area contributed by atoms with Crippen LogP contribution in [0.1, 0.15) is 13.3 Å². The van der Waals surface area contributed by atoms with Crippen LogP contribution in [0, 0.1) is 0 Å². The molecule has 0 aromatic heterocycles. The maximum Gasteiger partial charge on any atom is 0.177 e. The SMILES string of the molecule is CCCN(CCNC)c1ccccc1S(C)(=O)=O. The van der Waals surface area contributed by atoms with Gasteiger partial charge in [-0.05, 0) is 25.6 Å². The minimum atomic E-state index is -3.18. The van der Waals surface area contributed by atoms with Gasteiger partial charge in [-0.2, -0.15) is 0 Å². The van der Waals surface area contributed by atoms with E-state index in [-0.39, 0.29) is 0 Å². The van der Waals surface area contributed by atoms with Crippen LogP contribution in [-0.2, 0) is 9.84 Å². The van der Waals surface area contributed by atoms with Crippen LogP contribution in [-0.4, -0.2) is 41.4 Å². The topological polar surface area (TPSA) is 49.4 Å². The van der Waals surface area contributed by atoms with E-state index in [1.165, 1.54) is 6.26 Å². The van der Waals surface area contributed by atoms with E-state index in [2.05, 4.69) is 17.1 Å². The molecule has 1 aromatic carbocycles. The molecule has 0 heterocycles. The summed E-state index contributed by atoms with van der Waals surface area (Å²) in [5, 5.41) is 3.09. The Balaban J connectivity index is 3.11. The summed E-state index contributed by atoms with van der Waals surface area (Å²) in [6.07, 6.45) is 2.25. The second kappa shape index (κ2) is 6.75. The molecule has 0 aliphatic rings. The van der Waals surface area contributed by atoms with Crippen LogP contribution in [0.2, 0.25) is 0 Å². The van der Waals surface area contributed by atoms with Crippen LogP contribution in [0.25, 0.3) is 0 Å². The molecule has 0 radical (unpaired) electrons. The van der Waals surface area contributed by atoms with Gasteiger partial charge in [-0.3, -0.25) is 0 Å². The largest absolute Gasteiger partial charge is 0.369 e. The summed E-state index contributed by atoms with van der Waals surface area (Å²) in [4.78, 5) is 2.53. The Morgan fingerprint density at radius 1 is 1.22 bits per heavy atom. The van der Waals surface area contributed by atoms with E-state index >= 15 is 0 Å². The van der Waals surface area contributed by atoms with E-state index in [0.717, 1.165) is 31.7 Å². The van der Waals surface area contributed by atoms with Crippen LogP contribution in [0.15, 0.2) is 29.2 Å². The second-order valence-corrected chi connectivity index (χ2v) is 6.31. The number of likely N-dealkylation sites (N-methyl/N-ethyl adjacent to an activating group) is 1. The normalized spacial score (nSPS) is 11.5. The molecule has 18 heavy (non-hydrogen) atoms. The average molecular weight is 270 g/mol. The minimum Gasteiger partial charge on any atom is -0.369 e. The molecule has 0 fully saturated rings. The molecule has 0 bridgehead atoms. The van der Waals surface area contributed by atoms with Crippen LogP contribution < -0.4 is 10.2 Å². The van der Waals surface area contributed by atoms with Crippen molar-refractivity contribution in [2.45, 2.75) is 18.2 Å². The third-order valence-corrected chi connectivity index (χ3v) is 3.87. The zero-order valence-electron chi connectivity index (χ0n) is 11.3. The number of sulfone groups is 1. The first-order chi connectivity index (χ1) is 8.50. The Morgan fingerprint density at radius 3 is 2.44 bits per heavy atom. The number of hydrogen-bond acceptors (Lipinski definition) is 4. The first kappa shape index (κ1) is 15.0. The molecule has 0 unspecified atom stereocenters. The van der Waals surface area contributed by atoms with E-state index in [4.69, 9.17) is 0 Å². The number of nitrogens with one attached hydrogen (secondary N) is 1. The molecular weight excluding hydrogens is 248 g/mol. The summed E-state index contributed by atoms with van der Waals surface area (Å²) in [5.41, 5.74) is 0.803. The fourth-order valence-corrected chi connectivity index (χ4v) is 2.80. The number of anilines is 1. The summed E-state index contributed by atoms with van der Waals surface area (Å²) < 4.78 is 23.6. The molecule has 0 aliphatic heterocycles. The molecule has 1 rings (SSSR count). The Labute approximate surface area is 110 Å². The molecular formula is C13H22N2O2S. The lowest BCUT2D eigenvalue weighted by molar-refractivity contribution is 0.601. The first-order valence-corrected chi connectivity index (χ1v) is 8.08. The molecule has 0 atom stereocenters. The number of benzene rings is 1. The summed E-state index contributed by atoms with van der Waals surface area (Å²) in [6.45, 7) is 4.58. The molecule has 1 N–H and O–H groups in total. The quantitative estimate of drug-likeness (QED) is 0.816. The second-order valence-electron chi connectivity index (χ2n) is 4.33. The van der Waals surface area contributed by atoms with Gasteiger partial charge in [0.15, 0.2) is 9.84 Å². The van der Waals surface area contributed by atoms with Gasteiger partial charge in [0, 0.05) is 25.9 Å². The van der Waals surface area contributed by atoms with Crippen LogP contribution >= 0.6 is 0 Å². The summed E-state index contributed by atoms with van der Waals surface area (Å²) >= 11 is 0. The van der Waals surface area contributed by atoms with Crippen LogP contribution in [0.3, 0.4) is 0 Å². The van der Waals surface area contributed by atoms with E-state index in [1.54, 1.807) is 12.1 Å². The molecule has 4 nitrogen and oxygen atoms in total. The molecule has 102 valence electrons. The standard InChI is InChI=1S/C13H22N2O2S/c1-4-10-15(11-9-14-2)12-7-5-6-8-13(12)18(3,16)17/h5-8,14H,4,9-11H2,1-3H3. The number of nitrogens with zero attached hydrogens (tertiary/aromatic N) is 1. The van der Waals surface area contributed by atoms with Gasteiger partial charge in [0.05, 0.1) is 10.6 Å². The van der Waals surface area contributed by atoms with Gasteiger partial charge in [-0.25, -0.2) is 8.42 Å². The molecule has 0 saturated carbocycles. The third kappa shape index (κ3) is 3.99. The van der Waals surface area contributed by atoms with Crippen LogP contribution in [0.5, 0.6) is 0 Å². The molecule has 0 saturated heterocycles. The lowest BCUT2D eigenvalue weighted by Gasteiger charge is -2.26. The van der Waals surface area contributed by atoms with E-state index in [9.17, 15) is 8.42 Å². The van der Waals surface area contributed by atoms with Crippen molar-refractivity contribution in [3.63, 3.8) is 0 Å². The van der Waals surface area contributed by atoms with Gasteiger partial charge in [0.25, 0.3) is 0 Å². The molecule has 5 heteroatoms. The zero-order valence-corrected chi connectivity index (χ0v) is 12.1. The predicted octanol–water partition coefficient (Wildman–Crippen LogP) is 1.53. The van der Waals surface area contributed by atoms with Crippen LogP contribution in [0.4, 0.5) is 5.69 Å². The van der Waals surface area contributed by atoms with Crippen molar-refractivity contribution in [3.05, 3.63) is 24.3 Å². The molecule has 0 amide bonds. The van der Waals surface area contributed by atoms with Gasteiger partial charge in [0.1, 0.15) is 0 Å². The first-order valence-electron chi connectivity index (χ1n) is 6.19.